The maximum absolute atomic E-state index is 15.0. The molecule has 216 valence electrons. The van der Waals surface area contributed by atoms with E-state index in [4.69, 9.17) is 23.5 Å². The predicted octanol–water partition coefficient (Wildman–Crippen LogP) is 5.04. The van der Waals surface area contributed by atoms with Gasteiger partial charge in [-0.1, -0.05) is 19.0 Å². The Kier molecular flexibility index (Phi) is 8.75. The molecular formula is C28H31FN6O6. The van der Waals surface area contributed by atoms with E-state index in [1.807, 2.05) is 13.8 Å². The third kappa shape index (κ3) is 6.99. The van der Waals surface area contributed by atoms with Crippen LogP contribution in [0.15, 0.2) is 47.2 Å². The van der Waals surface area contributed by atoms with Crippen molar-refractivity contribution in [3.8, 4) is 23.1 Å². The van der Waals surface area contributed by atoms with Crippen molar-refractivity contribution in [1.29, 1.82) is 0 Å². The number of ether oxygens (including phenoxy) is 4. The molecule has 1 aliphatic rings. The van der Waals surface area contributed by atoms with Gasteiger partial charge in [-0.15, -0.1) is 0 Å². The minimum absolute atomic E-state index is 0.0844. The molecule has 0 spiro atoms. The standard InChI is InChI=1S/C28H31FN6O6/c1-17(2)23-15-26(34-41-23)33-28(36)32-18-4-5-22(20(29)12-18)40-27-19-13-24(37-3)25(14-21(19)30-16-31-27)39-11-8-35-6-9-38-10-7-35/h4-5,12-17H,6-11H2,1-3H3,(H2,32,33,34,36). The zero-order valence-electron chi connectivity index (χ0n) is 23.0. The molecule has 1 saturated heterocycles. The number of benzene rings is 2. The van der Waals surface area contributed by atoms with Crippen molar-refractivity contribution in [1.82, 2.24) is 20.0 Å². The number of aromatic nitrogens is 3. The van der Waals surface area contributed by atoms with Crippen LogP contribution in [-0.2, 0) is 4.74 Å². The van der Waals surface area contributed by atoms with Gasteiger partial charge in [0.15, 0.2) is 28.9 Å². The Bertz CT molecular complexity index is 1510. The van der Waals surface area contributed by atoms with Crippen LogP contribution in [0.4, 0.5) is 20.7 Å². The molecule has 1 aliphatic heterocycles. The summed E-state index contributed by atoms with van der Waals surface area (Å²) in [6.45, 7) is 8.29. The first-order chi connectivity index (χ1) is 19.9. The molecule has 2 amide bonds. The number of urea groups is 1. The monoisotopic (exact) mass is 566 g/mol. The van der Waals surface area contributed by atoms with E-state index in [1.54, 1.807) is 18.2 Å². The van der Waals surface area contributed by atoms with Crippen molar-refractivity contribution in [3.05, 3.63) is 54.3 Å². The van der Waals surface area contributed by atoms with Crippen molar-refractivity contribution < 1.29 is 32.7 Å². The number of nitrogens with one attached hydrogen (secondary N) is 2. The van der Waals surface area contributed by atoms with Gasteiger partial charge in [-0.2, -0.15) is 0 Å². The smallest absolute Gasteiger partial charge is 0.324 e. The van der Waals surface area contributed by atoms with Crippen LogP contribution in [0.1, 0.15) is 25.5 Å². The Balaban J connectivity index is 1.25. The number of methoxy groups -OCH3 is 1. The summed E-state index contributed by atoms with van der Waals surface area (Å²) in [5, 5.41) is 9.42. The summed E-state index contributed by atoms with van der Waals surface area (Å²) >= 11 is 0. The summed E-state index contributed by atoms with van der Waals surface area (Å²) in [7, 11) is 1.54. The van der Waals surface area contributed by atoms with E-state index in [0.717, 1.165) is 38.9 Å². The van der Waals surface area contributed by atoms with Crippen LogP contribution in [-0.4, -0.2) is 72.6 Å². The number of carbonyl (C=O) groups is 1. The predicted molar refractivity (Wildman–Crippen MR) is 149 cm³/mol. The summed E-state index contributed by atoms with van der Waals surface area (Å²) in [5.74, 6) is 1.36. The summed E-state index contributed by atoms with van der Waals surface area (Å²) in [5.41, 5.74) is 0.758. The fourth-order valence-corrected chi connectivity index (χ4v) is 4.17. The number of anilines is 2. The lowest BCUT2D eigenvalue weighted by Gasteiger charge is -2.26. The van der Waals surface area contributed by atoms with Gasteiger partial charge in [0, 0.05) is 49.4 Å². The normalized spacial score (nSPS) is 13.8. The van der Waals surface area contributed by atoms with Gasteiger partial charge in [0.1, 0.15) is 18.7 Å². The van der Waals surface area contributed by atoms with Gasteiger partial charge in [0.25, 0.3) is 0 Å². The molecule has 1 fully saturated rings. The molecular weight excluding hydrogens is 535 g/mol. The van der Waals surface area contributed by atoms with Crippen molar-refractivity contribution in [2.24, 2.45) is 0 Å². The van der Waals surface area contributed by atoms with Gasteiger partial charge in [0.2, 0.25) is 5.88 Å². The van der Waals surface area contributed by atoms with E-state index >= 15 is 0 Å². The van der Waals surface area contributed by atoms with E-state index in [0.29, 0.717) is 34.8 Å². The maximum Gasteiger partial charge on any atom is 0.324 e. The fraction of sp³-hybridized carbons (Fsp3) is 0.357. The van der Waals surface area contributed by atoms with E-state index < -0.39 is 11.8 Å². The van der Waals surface area contributed by atoms with Crippen LogP contribution < -0.4 is 24.8 Å². The second-order valence-corrected chi connectivity index (χ2v) is 9.60. The fourth-order valence-electron chi connectivity index (χ4n) is 4.17. The third-order valence-electron chi connectivity index (χ3n) is 6.39. The number of nitrogens with zero attached hydrogens (tertiary/aromatic N) is 4. The Morgan fingerprint density at radius 2 is 1.90 bits per heavy atom. The second kappa shape index (κ2) is 12.8. The summed E-state index contributed by atoms with van der Waals surface area (Å²) < 4.78 is 42.9. The highest BCUT2D eigenvalue weighted by atomic mass is 19.1. The lowest BCUT2D eigenvalue weighted by atomic mass is 10.2. The third-order valence-corrected chi connectivity index (χ3v) is 6.39. The number of morpholine rings is 1. The summed E-state index contributed by atoms with van der Waals surface area (Å²) in [6.07, 6.45) is 1.33. The van der Waals surface area contributed by atoms with Crippen LogP contribution in [0.3, 0.4) is 0 Å². The van der Waals surface area contributed by atoms with Crippen LogP contribution in [0, 0.1) is 5.82 Å². The molecule has 0 bridgehead atoms. The molecule has 2 aromatic carbocycles. The highest BCUT2D eigenvalue weighted by molar-refractivity contribution is 5.99. The summed E-state index contributed by atoms with van der Waals surface area (Å²) in [4.78, 5) is 23.1. The first kappa shape index (κ1) is 28.1. The number of fused-ring (bicyclic) bond motifs is 1. The molecule has 0 aliphatic carbocycles. The van der Waals surface area contributed by atoms with Gasteiger partial charge < -0.3 is 28.8 Å². The van der Waals surface area contributed by atoms with Crippen LogP contribution >= 0.6 is 0 Å². The van der Waals surface area contributed by atoms with Crippen molar-refractivity contribution in [2.75, 3.05) is 57.2 Å². The largest absolute Gasteiger partial charge is 0.493 e. The Hall–Kier alpha value is -4.49. The minimum Gasteiger partial charge on any atom is -0.493 e. The maximum atomic E-state index is 15.0. The molecule has 0 atom stereocenters. The van der Waals surface area contributed by atoms with Crippen molar-refractivity contribution >= 4 is 28.4 Å². The average Bonchev–Trinajstić information content (AvgIpc) is 3.43. The first-order valence-electron chi connectivity index (χ1n) is 13.2. The molecule has 13 heteroatoms. The Morgan fingerprint density at radius 1 is 1.07 bits per heavy atom. The number of carbonyl (C=O) groups excluding carboxylic acids is 1. The number of halogens is 1. The topological polar surface area (TPSA) is 133 Å². The number of amides is 2. The molecule has 5 rings (SSSR count). The molecule has 12 nitrogen and oxygen atoms in total. The Labute approximate surface area is 235 Å². The van der Waals surface area contributed by atoms with Crippen molar-refractivity contribution in [3.63, 3.8) is 0 Å². The van der Waals surface area contributed by atoms with Crippen LogP contribution in [0.2, 0.25) is 0 Å². The van der Waals surface area contributed by atoms with E-state index in [1.165, 1.54) is 25.6 Å². The molecule has 2 aromatic heterocycles. The lowest BCUT2D eigenvalue weighted by molar-refractivity contribution is 0.0321. The number of hydrogen-bond acceptors (Lipinski definition) is 10. The average molecular weight is 567 g/mol. The SMILES string of the molecule is COc1cc2c(Oc3ccc(NC(=O)Nc4cc(C(C)C)on4)cc3F)ncnc2cc1OCCN1CCOCC1. The van der Waals surface area contributed by atoms with Gasteiger partial charge in [-0.25, -0.2) is 19.2 Å². The van der Waals surface area contributed by atoms with Gasteiger partial charge >= 0.3 is 6.03 Å². The van der Waals surface area contributed by atoms with Crippen molar-refractivity contribution in [2.45, 2.75) is 19.8 Å². The lowest BCUT2D eigenvalue weighted by Crippen LogP contribution is -2.38. The molecule has 0 radical (unpaired) electrons. The van der Waals surface area contributed by atoms with Crippen LogP contribution in [0.5, 0.6) is 23.1 Å². The highest BCUT2D eigenvalue weighted by Crippen LogP contribution is 2.36. The quantitative estimate of drug-likeness (QED) is 0.269. The van der Waals surface area contributed by atoms with E-state index in [2.05, 4.69) is 30.7 Å². The molecule has 3 heterocycles. The first-order valence-corrected chi connectivity index (χ1v) is 13.2. The molecule has 0 saturated carbocycles. The molecule has 2 N–H and O–H groups in total. The highest BCUT2D eigenvalue weighted by Gasteiger charge is 2.17. The molecule has 4 aromatic rings. The zero-order valence-corrected chi connectivity index (χ0v) is 23.0. The number of hydrogen-bond donors (Lipinski definition) is 2. The molecule has 0 unspecified atom stereocenters. The van der Waals surface area contributed by atoms with Crippen LogP contribution in [0.25, 0.3) is 10.9 Å². The number of rotatable bonds is 10. The Morgan fingerprint density at radius 3 is 2.63 bits per heavy atom. The van der Waals surface area contributed by atoms with E-state index in [-0.39, 0.29) is 29.1 Å². The summed E-state index contributed by atoms with van der Waals surface area (Å²) in [6, 6.07) is 8.51. The second-order valence-electron chi connectivity index (χ2n) is 9.60. The van der Waals surface area contributed by atoms with Gasteiger partial charge in [-0.3, -0.25) is 10.2 Å². The van der Waals surface area contributed by atoms with E-state index in [9.17, 15) is 9.18 Å². The minimum atomic E-state index is -0.701. The van der Waals surface area contributed by atoms with Gasteiger partial charge in [-0.05, 0) is 18.2 Å². The van der Waals surface area contributed by atoms with Gasteiger partial charge in [0.05, 0.1) is 31.2 Å². The zero-order chi connectivity index (χ0) is 28.8. The molecule has 41 heavy (non-hydrogen) atoms.